The number of benzene rings is 2. The highest BCUT2D eigenvalue weighted by Gasteiger charge is 2.22. The first-order valence-corrected chi connectivity index (χ1v) is 8.82. The molecule has 0 heterocycles. The lowest BCUT2D eigenvalue weighted by Gasteiger charge is -2.15. The molecule has 1 N–H and O–H groups in total. The molecular weight excluding hydrogens is 324 g/mol. The number of rotatable bonds is 6. The van der Waals surface area contributed by atoms with Crippen LogP contribution < -0.4 is 21.1 Å². The summed E-state index contributed by atoms with van der Waals surface area (Å²) < 4.78 is 0. The van der Waals surface area contributed by atoms with Gasteiger partial charge in [0.2, 0.25) is 10.9 Å². The molecule has 0 aliphatic rings. The molecule has 0 atom stereocenters. The van der Waals surface area contributed by atoms with E-state index in [9.17, 15) is 9.59 Å². The second-order valence-corrected chi connectivity index (χ2v) is 7.10. The minimum absolute atomic E-state index is 0.409. The van der Waals surface area contributed by atoms with Gasteiger partial charge in [-0.3, -0.25) is 9.59 Å². The third-order valence-corrected chi connectivity index (χ3v) is 4.70. The van der Waals surface area contributed by atoms with E-state index < -0.39 is 10.9 Å². The van der Waals surface area contributed by atoms with E-state index in [2.05, 4.69) is 19.2 Å². The van der Waals surface area contributed by atoms with Crippen molar-refractivity contribution < 1.29 is 0 Å². The van der Waals surface area contributed by atoms with Gasteiger partial charge < -0.3 is 10.2 Å². The molecule has 0 unspecified atom stereocenters. The molecule has 4 heteroatoms. The van der Waals surface area contributed by atoms with Crippen molar-refractivity contribution in [2.75, 3.05) is 24.3 Å². The summed E-state index contributed by atoms with van der Waals surface area (Å²) in [6.07, 6.45) is 0. The van der Waals surface area contributed by atoms with E-state index in [4.69, 9.17) is 0 Å². The Morgan fingerprint density at radius 1 is 0.885 bits per heavy atom. The molecule has 3 rings (SSSR count). The Morgan fingerprint density at radius 2 is 1.50 bits per heavy atom. The lowest BCUT2D eigenvalue weighted by molar-refractivity contribution is 0.867. The summed E-state index contributed by atoms with van der Waals surface area (Å²) >= 11 is 0. The minimum Gasteiger partial charge on any atom is -0.378 e. The fraction of sp³-hybridized carbons (Fsp3) is 0.273. The summed E-state index contributed by atoms with van der Waals surface area (Å²) in [5, 5.41) is 3.15. The van der Waals surface area contributed by atoms with E-state index in [1.165, 1.54) is 5.56 Å². The first-order valence-electron chi connectivity index (χ1n) is 8.82. The maximum Gasteiger partial charge on any atom is 0.250 e. The van der Waals surface area contributed by atoms with Crippen molar-refractivity contribution in [1.29, 1.82) is 0 Å². The molecule has 0 bridgehead atoms. The van der Waals surface area contributed by atoms with Crippen LogP contribution in [0.3, 0.4) is 0 Å². The van der Waals surface area contributed by atoms with Crippen molar-refractivity contribution in [3.63, 3.8) is 0 Å². The van der Waals surface area contributed by atoms with E-state index in [-0.39, 0.29) is 0 Å². The standard InChI is InChI=1S/C22H24N2O2/c1-14(2)16-7-9-17(10-8-16)19-20(22(26)21(19)25)23-13-15-5-11-18(12-6-15)24(3)4/h5-12,14,23H,13H2,1-4H3. The van der Waals surface area contributed by atoms with Gasteiger partial charge in [0.25, 0.3) is 0 Å². The highest BCUT2D eigenvalue weighted by Crippen LogP contribution is 2.26. The van der Waals surface area contributed by atoms with Crippen molar-refractivity contribution in [3.05, 3.63) is 80.1 Å². The SMILES string of the molecule is CC(C)c1ccc(-c2c(NCc3ccc(N(C)C)cc3)c(=O)c2=O)cc1. The van der Waals surface area contributed by atoms with E-state index in [1.54, 1.807) is 0 Å². The van der Waals surface area contributed by atoms with Crippen molar-refractivity contribution in [1.82, 2.24) is 0 Å². The number of anilines is 2. The van der Waals surface area contributed by atoms with Crippen LogP contribution in [-0.2, 0) is 6.54 Å². The summed E-state index contributed by atoms with van der Waals surface area (Å²) in [7, 11) is 3.99. The van der Waals surface area contributed by atoms with Gasteiger partial charge in [-0.05, 0) is 34.7 Å². The van der Waals surface area contributed by atoms with Gasteiger partial charge in [-0.1, -0.05) is 50.2 Å². The molecule has 134 valence electrons. The van der Waals surface area contributed by atoms with Crippen LogP contribution in [0.5, 0.6) is 0 Å². The minimum atomic E-state index is -0.433. The van der Waals surface area contributed by atoms with Crippen LogP contribution in [-0.4, -0.2) is 14.1 Å². The second-order valence-electron chi connectivity index (χ2n) is 7.10. The van der Waals surface area contributed by atoms with Crippen molar-refractivity contribution in [2.24, 2.45) is 0 Å². The van der Waals surface area contributed by atoms with Crippen LogP contribution in [0.4, 0.5) is 11.4 Å². The van der Waals surface area contributed by atoms with E-state index in [1.807, 2.05) is 67.5 Å². The maximum absolute atomic E-state index is 12.1. The van der Waals surface area contributed by atoms with Gasteiger partial charge in [-0.15, -0.1) is 0 Å². The Balaban J connectivity index is 1.78. The van der Waals surface area contributed by atoms with Crippen LogP contribution >= 0.6 is 0 Å². The topological polar surface area (TPSA) is 49.4 Å². The molecule has 4 nitrogen and oxygen atoms in total. The van der Waals surface area contributed by atoms with Crippen LogP contribution in [0.2, 0.25) is 0 Å². The van der Waals surface area contributed by atoms with Crippen molar-refractivity contribution in [3.8, 4) is 11.1 Å². The summed E-state index contributed by atoms with van der Waals surface area (Å²) in [6, 6.07) is 16.0. The average molecular weight is 348 g/mol. The molecule has 0 saturated carbocycles. The molecule has 3 aromatic rings. The van der Waals surface area contributed by atoms with Crippen LogP contribution in [0, 0.1) is 0 Å². The molecule has 0 saturated heterocycles. The molecule has 0 aliphatic heterocycles. The maximum atomic E-state index is 12.1. The van der Waals surface area contributed by atoms with Crippen LogP contribution in [0.25, 0.3) is 11.1 Å². The molecule has 0 radical (unpaired) electrons. The third kappa shape index (κ3) is 3.40. The molecule has 0 aromatic heterocycles. The lowest BCUT2D eigenvalue weighted by atomic mass is 9.95. The summed E-state index contributed by atoms with van der Waals surface area (Å²) in [4.78, 5) is 26.1. The number of nitrogens with one attached hydrogen (secondary N) is 1. The van der Waals surface area contributed by atoms with Gasteiger partial charge in [-0.25, -0.2) is 0 Å². The zero-order valence-corrected chi connectivity index (χ0v) is 15.7. The quantitative estimate of drug-likeness (QED) is 0.689. The van der Waals surface area contributed by atoms with Crippen LogP contribution in [0.1, 0.15) is 30.9 Å². The molecule has 3 aromatic carbocycles. The molecule has 0 aliphatic carbocycles. The largest absolute Gasteiger partial charge is 0.378 e. The second kappa shape index (κ2) is 7.16. The molecule has 0 spiro atoms. The molecule has 26 heavy (non-hydrogen) atoms. The van der Waals surface area contributed by atoms with E-state index >= 15 is 0 Å². The van der Waals surface area contributed by atoms with Gasteiger partial charge >= 0.3 is 0 Å². The number of nitrogens with zero attached hydrogens (tertiary/aromatic N) is 1. The summed E-state index contributed by atoms with van der Waals surface area (Å²) in [5.41, 5.74) is 4.26. The number of hydrogen-bond donors (Lipinski definition) is 1. The Labute approximate surface area is 153 Å². The lowest BCUT2D eigenvalue weighted by Crippen LogP contribution is -2.36. The highest BCUT2D eigenvalue weighted by molar-refractivity contribution is 5.82. The van der Waals surface area contributed by atoms with E-state index in [0.717, 1.165) is 16.8 Å². The number of hydrogen-bond acceptors (Lipinski definition) is 4. The van der Waals surface area contributed by atoms with Gasteiger partial charge in [0.15, 0.2) is 0 Å². The van der Waals surface area contributed by atoms with Crippen molar-refractivity contribution in [2.45, 2.75) is 26.3 Å². The van der Waals surface area contributed by atoms with Gasteiger partial charge in [0.05, 0.1) is 11.3 Å². The van der Waals surface area contributed by atoms with Crippen LogP contribution in [0.15, 0.2) is 58.1 Å². The van der Waals surface area contributed by atoms with Gasteiger partial charge in [-0.2, -0.15) is 0 Å². The molecular formula is C22H24N2O2. The molecule has 0 amide bonds. The highest BCUT2D eigenvalue weighted by atomic mass is 16.2. The first kappa shape index (κ1) is 17.9. The smallest absolute Gasteiger partial charge is 0.250 e. The van der Waals surface area contributed by atoms with Gasteiger partial charge in [0.1, 0.15) is 0 Å². The zero-order valence-electron chi connectivity index (χ0n) is 15.7. The predicted octanol–water partition coefficient (Wildman–Crippen LogP) is 3.75. The fourth-order valence-electron chi connectivity index (χ4n) is 2.97. The van der Waals surface area contributed by atoms with Gasteiger partial charge in [0, 0.05) is 26.3 Å². The molecule has 0 fully saturated rings. The fourth-order valence-corrected chi connectivity index (χ4v) is 2.97. The Morgan fingerprint density at radius 3 is 2.04 bits per heavy atom. The first-order chi connectivity index (χ1) is 12.4. The predicted molar refractivity (Wildman–Crippen MR) is 109 cm³/mol. The monoisotopic (exact) mass is 348 g/mol. The van der Waals surface area contributed by atoms with Crippen molar-refractivity contribution >= 4 is 11.4 Å². The average Bonchev–Trinajstić information content (AvgIpc) is 2.64. The Bertz CT molecular complexity index is 961. The zero-order chi connectivity index (χ0) is 18.8. The Hall–Kier alpha value is -2.88. The normalized spacial score (nSPS) is 11.1. The Kier molecular flexibility index (Phi) is 4.94. The summed E-state index contributed by atoms with van der Waals surface area (Å²) in [6.45, 7) is 4.76. The summed E-state index contributed by atoms with van der Waals surface area (Å²) in [5.74, 6) is 0.430. The van der Waals surface area contributed by atoms with E-state index in [0.29, 0.717) is 23.7 Å². The third-order valence-electron chi connectivity index (χ3n) is 4.70.